The summed E-state index contributed by atoms with van der Waals surface area (Å²) in [6.07, 6.45) is 14.5. The highest BCUT2D eigenvalue weighted by atomic mass is 79.9. The Kier molecular flexibility index (Phi) is 6.62. The molecule has 3 rings (SSSR count). The van der Waals surface area contributed by atoms with Crippen LogP contribution in [0.25, 0.3) is 0 Å². The standard InChI is InChI=1S/C23H22BBrN2/c1-2-10-22(25)26-17-23(18-11-5-3-6-12-18,19-13-7-4-8-14-19)20-15-9-16-21(24)27-20/h3-13,15-17,19H,2,14H2,1H3/b22-10-,26-17?. The average molecular weight is 417 g/mol. The van der Waals surface area contributed by atoms with Crippen LogP contribution < -0.4 is 5.59 Å². The van der Waals surface area contributed by atoms with Crippen LogP contribution in [0.15, 0.2) is 88.5 Å². The van der Waals surface area contributed by atoms with Gasteiger partial charge in [0, 0.05) is 12.1 Å². The van der Waals surface area contributed by atoms with Crippen LogP contribution in [0.2, 0.25) is 0 Å². The molecule has 1 aromatic heterocycles. The summed E-state index contributed by atoms with van der Waals surface area (Å²) in [5.74, 6) is 0.185. The molecule has 2 nitrogen and oxygen atoms in total. The van der Waals surface area contributed by atoms with Gasteiger partial charge in [0.1, 0.15) is 12.5 Å². The lowest BCUT2D eigenvalue weighted by atomic mass is 9.66. The highest BCUT2D eigenvalue weighted by molar-refractivity contribution is 9.11. The highest BCUT2D eigenvalue weighted by Gasteiger charge is 2.41. The Bertz CT molecular complexity index is 886. The molecule has 1 aromatic carbocycles. The molecule has 0 bridgehead atoms. The minimum Gasteiger partial charge on any atom is -0.268 e. The summed E-state index contributed by atoms with van der Waals surface area (Å²) in [4.78, 5) is 9.47. The fourth-order valence-corrected chi connectivity index (χ4v) is 3.91. The lowest BCUT2D eigenvalue weighted by Crippen LogP contribution is -2.40. The minimum atomic E-state index is -0.515. The largest absolute Gasteiger partial charge is 0.268 e. The van der Waals surface area contributed by atoms with Crippen molar-refractivity contribution in [2.45, 2.75) is 25.2 Å². The van der Waals surface area contributed by atoms with Gasteiger partial charge in [0.05, 0.1) is 11.1 Å². The second kappa shape index (κ2) is 9.14. The summed E-state index contributed by atoms with van der Waals surface area (Å²) in [6.45, 7) is 2.09. The first-order valence-electron chi connectivity index (χ1n) is 9.19. The van der Waals surface area contributed by atoms with E-state index < -0.39 is 5.41 Å². The lowest BCUT2D eigenvalue weighted by molar-refractivity contribution is 0.489. The third kappa shape index (κ3) is 4.38. The molecular weight excluding hydrogens is 395 g/mol. The van der Waals surface area contributed by atoms with Crippen LogP contribution >= 0.6 is 15.9 Å². The van der Waals surface area contributed by atoms with Gasteiger partial charge in [-0.05, 0) is 46.0 Å². The summed E-state index contributed by atoms with van der Waals surface area (Å²) < 4.78 is 0.824. The smallest absolute Gasteiger partial charge is 0.141 e. The van der Waals surface area contributed by atoms with E-state index in [4.69, 9.17) is 17.8 Å². The van der Waals surface area contributed by atoms with Gasteiger partial charge in [-0.1, -0.05) is 79.8 Å². The Balaban J connectivity index is 2.25. The van der Waals surface area contributed by atoms with Crippen molar-refractivity contribution >= 4 is 35.6 Å². The van der Waals surface area contributed by atoms with E-state index in [1.54, 1.807) is 0 Å². The van der Waals surface area contributed by atoms with Crippen molar-refractivity contribution in [1.82, 2.24) is 4.98 Å². The van der Waals surface area contributed by atoms with Crippen molar-refractivity contribution < 1.29 is 0 Å². The van der Waals surface area contributed by atoms with Crippen molar-refractivity contribution in [3.05, 3.63) is 94.8 Å². The number of halogens is 1. The molecule has 0 spiro atoms. The SMILES string of the molecule is [B]c1cccc(C(C=N/C(Br)=C\CC)(c2ccccc2)C2C=CC=CC2)n1. The number of rotatable bonds is 6. The van der Waals surface area contributed by atoms with Gasteiger partial charge in [-0.3, -0.25) is 9.98 Å². The van der Waals surface area contributed by atoms with Crippen molar-refractivity contribution in [2.75, 3.05) is 0 Å². The zero-order valence-corrected chi connectivity index (χ0v) is 17.0. The first-order valence-corrected chi connectivity index (χ1v) is 9.99. The average Bonchev–Trinajstić information content (AvgIpc) is 2.70. The topological polar surface area (TPSA) is 25.2 Å². The Labute approximate surface area is 171 Å². The first-order chi connectivity index (χ1) is 13.2. The fourth-order valence-electron chi connectivity index (χ4n) is 3.49. The van der Waals surface area contributed by atoms with E-state index in [1.165, 1.54) is 0 Å². The summed E-state index contributed by atoms with van der Waals surface area (Å²) in [5.41, 5.74) is 2.05. The quantitative estimate of drug-likeness (QED) is 0.369. The van der Waals surface area contributed by atoms with Crippen LogP contribution in [-0.4, -0.2) is 19.0 Å². The lowest BCUT2D eigenvalue weighted by Gasteiger charge is -2.37. The van der Waals surface area contributed by atoms with E-state index >= 15 is 0 Å². The third-order valence-corrected chi connectivity index (χ3v) is 5.30. The molecule has 2 radical (unpaired) electrons. The van der Waals surface area contributed by atoms with Crippen LogP contribution in [0.4, 0.5) is 0 Å². The molecular formula is C23H22BBrN2. The Morgan fingerprint density at radius 3 is 2.70 bits per heavy atom. The molecule has 1 heterocycles. The molecule has 0 saturated carbocycles. The molecule has 0 amide bonds. The maximum absolute atomic E-state index is 6.06. The monoisotopic (exact) mass is 416 g/mol. The highest BCUT2D eigenvalue weighted by Crippen LogP contribution is 2.41. The fraction of sp³-hybridized carbons (Fsp3) is 0.217. The molecule has 2 aromatic rings. The van der Waals surface area contributed by atoms with Gasteiger partial charge in [0.2, 0.25) is 0 Å². The van der Waals surface area contributed by atoms with Crippen molar-refractivity contribution in [3.8, 4) is 0 Å². The molecule has 4 heteroatoms. The van der Waals surface area contributed by atoms with Crippen LogP contribution in [-0.2, 0) is 5.41 Å². The molecule has 1 aliphatic rings. The second-order valence-electron chi connectivity index (χ2n) is 6.53. The summed E-state index contributed by atoms with van der Waals surface area (Å²) >= 11 is 3.56. The zero-order valence-electron chi connectivity index (χ0n) is 15.4. The second-order valence-corrected chi connectivity index (χ2v) is 7.34. The first kappa shape index (κ1) is 19.6. The molecule has 0 saturated heterocycles. The van der Waals surface area contributed by atoms with E-state index in [-0.39, 0.29) is 5.92 Å². The van der Waals surface area contributed by atoms with E-state index in [1.807, 2.05) is 30.5 Å². The molecule has 2 atom stereocenters. The maximum Gasteiger partial charge on any atom is 0.141 e. The van der Waals surface area contributed by atoms with Crippen LogP contribution in [0.5, 0.6) is 0 Å². The number of aliphatic imine (C=N–C) groups is 1. The molecule has 0 N–H and O–H groups in total. The summed E-state index contributed by atoms with van der Waals surface area (Å²) in [7, 11) is 6.06. The van der Waals surface area contributed by atoms with Gasteiger partial charge in [0.25, 0.3) is 0 Å². The Hall–Kier alpha value is -2.20. The molecule has 0 aliphatic heterocycles. The third-order valence-electron chi connectivity index (χ3n) is 4.78. The van der Waals surface area contributed by atoms with Gasteiger partial charge in [0.15, 0.2) is 0 Å². The normalized spacial score (nSPS) is 19.3. The Morgan fingerprint density at radius 1 is 1.22 bits per heavy atom. The van der Waals surface area contributed by atoms with Gasteiger partial charge in [-0.2, -0.15) is 0 Å². The number of hydrogen-bond donors (Lipinski definition) is 0. The number of nitrogens with zero attached hydrogens (tertiary/aromatic N) is 2. The molecule has 1 aliphatic carbocycles. The number of pyridine rings is 1. The van der Waals surface area contributed by atoms with Gasteiger partial charge in [-0.15, -0.1) is 0 Å². The zero-order chi connectivity index (χ0) is 19.1. The van der Waals surface area contributed by atoms with E-state index in [9.17, 15) is 0 Å². The molecule has 27 heavy (non-hydrogen) atoms. The van der Waals surface area contributed by atoms with Gasteiger partial charge in [-0.25, -0.2) is 0 Å². The van der Waals surface area contributed by atoms with E-state index in [0.717, 1.165) is 28.7 Å². The predicted octanol–water partition coefficient (Wildman–Crippen LogP) is 5.01. The van der Waals surface area contributed by atoms with E-state index in [2.05, 4.69) is 77.5 Å². The van der Waals surface area contributed by atoms with E-state index in [0.29, 0.717) is 5.59 Å². The maximum atomic E-state index is 6.06. The van der Waals surface area contributed by atoms with Crippen molar-refractivity contribution in [3.63, 3.8) is 0 Å². The number of allylic oxidation sites excluding steroid dienone is 5. The van der Waals surface area contributed by atoms with Crippen LogP contribution in [0.1, 0.15) is 31.0 Å². The van der Waals surface area contributed by atoms with Crippen molar-refractivity contribution in [2.24, 2.45) is 10.9 Å². The van der Waals surface area contributed by atoms with Crippen molar-refractivity contribution in [1.29, 1.82) is 0 Å². The van der Waals surface area contributed by atoms with Gasteiger partial charge >= 0.3 is 0 Å². The number of benzene rings is 1. The number of hydrogen-bond acceptors (Lipinski definition) is 2. The number of aromatic nitrogens is 1. The Morgan fingerprint density at radius 2 is 2.04 bits per heavy atom. The molecule has 134 valence electrons. The molecule has 0 fully saturated rings. The predicted molar refractivity (Wildman–Crippen MR) is 119 cm³/mol. The van der Waals surface area contributed by atoms with Crippen LogP contribution in [0, 0.1) is 5.92 Å². The summed E-state index contributed by atoms with van der Waals surface area (Å²) in [5, 5.41) is 0. The molecule has 2 unspecified atom stereocenters. The van der Waals surface area contributed by atoms with Crippen LogP contribution in [0.3, 0.4) is 0 Å². The minimum absolute atomic E-state index is 0.185. The van der Waals surface area contributed by atoms with Gasteiger partial charge < -0.3 is 0 Å². The summed E-state index contributed by atoms with van der Waals surface area (Å²) in [6, 6.07) is 16.2.